The smallest absolute Gasteiger partial charge is 0.253 e. The number of H-pyrrole nitrogens is 1. The second-order valence-corrected chi connectivity index (χ2v) is 6.28. The Bertz CT molecular complexity index is 623. The zero-order valence-corrected chi connectivity index (χ0v) is 12.9. The Morgan fingerprint density at radius 1 is 1.24 bits per heavy atom. The van der Waals surface area contributed by atoms with Crippen LogP contribution in [0.1, 0.15) is 49.4 Å². The van der Waals surface area contributed by atoms with Crippen molar-refractivity contribution in [1.29, 1.82) is 0 Å². The summed E-state index contributed by atoms with van der Waals surface area (Å²) in [6.07, 6.45) is 7.99. The predicted octanol–water partition coefficient (Wildman–Crippen LogP) is 4.21. The van der Waals surface area contributed by atoms with E-state index in [0.717, 1.165) is 35.2 Å². The van der Waals surface area contributed by atoms with Crippen LogP contribution in [0.3, 0.4) is 0 Å². The lowest BCUT2D eigenvalue weighted by atomic mass is 9.84. The van der Waals surface area contributed by atoms with Gasteiger partial charge in [0.25, 0.3) is 5.91 Å². The van der Waals surface area contributed by atoms with E-state index in [-0.39, 0.29) is 5.91 Å². The maximum atomic E-state index is 12.7. The molecule has 1 aromatic carbocycles. The molecular weight excluding hydrogens is 260 g/mol. The Hall–Kier alpha value is -1.77. The zero-order chi connectivity index (χ0) is 14.8. The third kappa shape index (κ3) is 2.82. The highest BCUT2D eigenvalue weighted by Gasteiger charge is 2.26. The average Bonchev–Trinajstić information content (AvgIpc) is 3.01. The molecule has 1 amide bonds. The number of carbonyl (C=O) groups excluding carboxylic acids is 1. The molecule has 2 aromatic rings. The summed E-state index contributed by atoms with van der Waals surface area (Å²) >= 11 is 0. The fraction of sp³-hybridized carbons (Fsp3) is 0.500. The molecule has 0 aliphatic heterocycles. The van der Waals surface area contributed by atoms with Crippen LogP contribution in [-0.4, -0.2) is 28.9 Å². The Kier molecular flexibility index (Phi) is 4.00. The van der Waals surface area contributed by atoms with Gasteiger partial charge in [-0.1, -0.05) is 13.3 Å². The first-order valence-corrected chi connectivity index (χ1v) is 8.03. The molecule has 3 nitrogen and oxygen atoms in total. The number of nitrogens with zero attached hydrogens (tertiary/aromatic N) is 1. The molecule has 21 heavy (non-hydrogen) atoms. The van der Waals surface area contributed by atoms with Crippen LogP contribution in [0.4, 0.5) is 0 Å². The van der Waals surface area contributed by atoms with Crippen molar-refractivity contribution < 1.29 is 4.79 Å². The van der Waals surface area contributed by atoms with Crippen LogP contribution in [-0.2, 0) is 0 Å². The number of nitrogens with one attached hydrogen (secondary N) is 1. The van der Waals surface area contributed by atoms with E-state index in [0.29, 0.717) is 6.04 Å². The highest BCUT2D eigenvalue weighted by atomic mass is 16.2. The largest absolute Gasteiger partial charge is 0.361 e. The van der Waals surface area contributed by atoms with Crippen molar-refractivity contribution in [3.05, 3.63) is 36.0 Å². The van der Waals surface area contributed by atoms with Crippen molar-refractivity contribution in [3.8, 4) is 0 Å². The van der Waals surface area contributed by atoms with Crippen molar-refractivity contribution in [2.45, 2.75) is 45.1 Å². The zero-order valence-electron chi connectivity index (χ0n) is 12.9. The molecule has 1 saturated carbocycles. The Morgan fingerprint density at radius 3 is 2.71 bits per heavy atom. The Balaban J connectivity index is 1.72. The van der Waals surface area contributed by atoms with Gasteiger partial charge >= 0.3 is 0 Å². The van der Waals surface area contributed by atoms with Gasteiger partial charge in [0, 0.05) is 35.8 Å². The van der Waals surface area contributed by atoms with E-state index in [9.17, 15) is 4.79 Å². The molecular formula is C18H24N2O. The molecule has 1 aliphatic carbocycles. The van der Waals surface area contributed by atoms with Gasteiger partial charge in [-0.25, -0.2) is 0 Å². The summed E-state index contributed by atoms with van der Waals surface area (Å²) in [4.78, 5) is 17.8. The normalized spacial score (nSPS) is 22.4. The van der Waals surface area contributed by atoms with Crippen LogP contribution in [0, 0.1) is 5.92 Å². The molecule has 0 spiro atoms. The quantitative estimate of drug-likeness (QED) is 0.900. The molecule has 1 N–H and O–H groups in total. The standard InChI is InChI=1S/C18H24N2O/c1-3-13-4-7-16(8-5-13)20(2)18(21)15-6-9-17-14(12-15)10-11-19-17/h6,9-13,16,19H,3-5,7-8H2,1-2H3. The van der Waals surface area contributed by atoms with E-state index in [1.54, 1.807) is 0 Å². The van der Waals surface area contributed by atoms with E-state index in [1.165, 1.54) is 19.3 Å². The van der Waals surface area contributed by atoms with Crippen LogP contribution < -0.4 is 0 Å². The van der Waals surface area contributed by atoms with E-state index < -0.39 is 0 Å². The summed E-state index contributed by atoms with van der Waals surface area (Å²) in [5.74, 6) is 1.01. The van der Waals surface area contributed by atoms with Gasteiger partial charge in [0.15, 0.2) is 0 Å². The first kappa shape index (κ1) is 14.2. The highest BCUT2D eigenvalue weighted by Crippen LogP contribution is 2.29. The van der Waals surface area contributed by atoms with Crippen molar-refractivity contribution in [1.82, 2.24) is 9.88 Å². The number of aromatic amines is 1. The number of aromatic nitrogens is 1. The number of rotatable bonds is 3. The summed E-state index contributed by atoms with van der Waals surface area (Å²) in [6.45, 7) is 2.27. The highest BCUT2D eigenvalue weighted by molar-refractivity contribution is 5.98. The lowest BCUT2D eigenvalue weighted by Gasteiger charge is -2.34. The number of amides is 1. The minimum absolute atomic E-state index is 0.151. The second kappa shape index (κ2) is 5.92. The SMILES string of the molecule is CCC1CCC(N(C)C(=O)c2ccc3[nH]ccc3c2)CC1. The van der Waals surface area contributed by atoms with E-state index >= 15 is 0 Å². The fourth-order valence-corrected chi connectivity index (χ4v) is 3.50. The molecule has 1 heterocycles. The first-order chi connectivity index (χ1) is 10.2. The van der Waals surface area contributed by atoms with Crippen LogP contribution in [0.5, 0.6) is 0 Å². The summed E-state index contributed by atoms with van der Waals surface area (Å²) in [7, 11) is 1.96. The van der Waals surface area contributed by atoms with Gasteiger partial charge in [-0.05, 0) is 55.9 Å². The monoisotopic (exact) mass is 284 g/mol. The molecule has 0 bridgehead atoms. The number of fused-ring (bicyclic) bond motifs is 1. The first-order valence-electron chi connectivity index (χ1n) is 8.03. The van der Waals surface area contributed by atoms with Gasteiger partial charge in [-0.3, -0.25) is 4.79 Å². The summed E-state index contributed by atoms with van der Waals surface area (Å²) in [5.41, 5.74) is 1.87. The van der Waals surface area contributed by atoms with Crippen LogP contribution in [0.15, 0.2) is 30.5 Å². The molecule has 1 aromatic heterocycles. The molecule has 3 rings (SSSR count). The third-order valence-corrected chi connectivity index (χ3v) is 5.06. The summed E-state index contributed by atoms with van der Waals surface area (Å²) in [5, 5.41) is 1.10. The van der Waals surface area contributed by atoms with Crippen LogP contribution in [0.25, 0.3) is 10.9 Å². The minimum Gasteiger partial charge on any atom is -0.361 e. The topological polar surface area (TPSA) is 36.1 Å². The van der Waals surface area contributed by atoms with Crippen molar-refractivity contribution >= 4 is 16.8 Å². The van der Waals surface area contributed by atoms with Gasteiger partial charge in [0.2, 0.25) is 0 Å². The predicted molar refractivity (Wildman–Crippen MR) is 86.4 cm³/mol. The molecule has 0 atom stereocenters. The molecule has 0 unspecified atom stereocenters. The Labute approximate surface area is 126 Å². The minimum atomic E-state index is 0.151. The molecule has 1 aliphatic rings. The van der Waals surface area contributed by atoms with E-state index in [2.05, 4.69) is 11.9 Å². The average molecular weight is 284 g/mol. The van der Waals surface area contributed by atoms with Crippen molar-refractivity contribution in [2.24, 2.45) is 5.92 Å². The summed E-state index contributed by atoms with van der Waals surface area (Å²) < 4.78 is 0. The van der Waals surface area contributed by atoms with Crippen LogP contribution >= 0.6 is 0 Å². The van der Waals surface area contributed by atoms with E-state index in [1.807, 2.05) is 42.4 Å². The maximum absolute atomic E-state index is 12.7. The number of hydrogen-bond acceptors (Lipinski definition) is 1. The molecule has 3 heteroatoms. The van der Waals surface area contributed by atoms with Gasteiger partial charge in [-0.15, -0.1) is 0 Å². The maximum Gasteiger partial charge on any atom is 0.253 e. The van der Waals surface area contributed by atoms with Crippen molar-refractivity contribution in [2.75, 3.05) is 7.05 Å². The van der Waals surface area contributed by atoms with Gasteiger partial charge in [-0.2, -0.15) is 0 Å². The lowest BCUT2D eigenvalue weighted by molar-refractivity contribution is 0.0675. The van der Waals surface area contributed by atoms with E-state index in [4.69, 9.17) is 0 Å². The second-order valence-electron chi connectivity index (χ2n) is 6.28. The molecule has 0 saturated heterocycles. The number of carbonyl (C=O) groups is 1. The molecule has 112 valence electrons. The molecule has 1 fully saturated rings. The van der Waals surface area contributed by atoms with Crippen molar-refractivity contribution in [3.63, 3.8) is 0 Å². The number of benzene rings is 1. The van der Waals surface area contributed by atoms with Crippen LogP contribution in [0.2, 0.25) is 0 Å². The number of hydrogen-bond donors (Lipinski definition) is 1. The summed E-state index contributed by atoms with van der Waals surface area (Å²) in [6, 6.07) is 8.32. The molecule has 0 radical (unpaired) electrons. The Morgan fingerprint density at radius 2 is 2.00 bits per heavy atom. The van der Waals surface area contributed by atoms with Gasteiger partial charge in [0.1, 0.15) is 0 Å². The van der Waals surface area contributed by atoms with Gasteiger partial charge < -0.3 is 9.88 Å². The fourth-order valence-electron chi connectivity index (χ4n) is 3.50. The van der Waals surface area contributed by atoms with Gasteiger partial charge in [0.05, 0.1) is 0 Å². The third-order valence-electron chi connectivity index (χ3n) is 5.06. The lowest BCUT2D eigenvalue weighted by Crippen LogP contribution is -2.39.